The standard InChI is InChI=1S/C38H50FN7O6/c1-25(2)21-29-37(49)46-20-12-16-30(46)38(50)45(3)31(22-26-13-11-18-40-23-26)36(48)41-19-9-7-5-4-6-8-17-33-43-32(44-52-33)24-51-34-27(35(47)42-29)14-10-15-28(34)39/h10-11,13-15,18,23,25,29-31H,4-9,12,16-17,19-22,24H2,1-3H3,(H,41,48)(H,42,47)/t29-,30-,31+/m1/s1. The molecule has 3 atom stereocenters. The largest absolute Gasteiger partial charge is 0.482 e. The summed E-state index contributed by atoms with van der Waals surface area (Å²) < 4.78 is 26.2. The lowest BCUT2D eigenvalue weighted by atomic mass is 10.0. The molecular weight excluding hydrogens is 669 g/mol. The van der Waals surface area contributed by atoms with Gasteiger partial charge in [0.25, 0.3) is 5.91 Å². The van der Waals surface area contributed by atoms with Crippen molar-refractivity contribution in [1.29, 1.82) is 0 Å². The number of fused-ring (bicyclic) bond motifs is 4. The van der Waals surface area contributed by atoms with E-state index in [0.29, 0.717) is 38.2 Å². The van der Waals surface area contributed by atoms with Crippen LogP contribution in [0.5, 0.6) is 5.75 Å². The van der Waals surface area contributed by atoms with Crippen molar-refractivity contribution < 1.29 is 32.8 Å². The van der Waals surface area contributed by atoms with E-state index < -0.39 is 35.8 Å². The minimum atomic E-state index is -1.00. The van der Waals surface area contributed by atoms with Crippen molar-refractivity contribution >= 4 is 23.6 Å². The van der Waals surface area contributed by atoms with E-state index in [9.17, 15) is 19.2 Å². The second-order valence-corrected chi connectivity index (χ2v) is 14.0. The maximum Gasteiger partial charge on any atom is 0.255 e. The van der Waals surface area contributed by atoms with Crippen LogP contribution in [-0.4, -0.2) is 86.8 Å². The first-order chi connectivity index (χ1) is 25.1. The van der Waals surface area contributed by atoms with Crippen molar-refractivity contribution in [3.05, 3.63) is 71.4 Å². The van der Waals surface area contributed by atoms with E-state index in [1.54, 1.807) is 25.5 Å². The van der Waals surface area contributed by atoms with Gasteiger partial charge >= 0.3 is 0 Å². The van der Waals surface area contributed by atoms with Gasteiger partial charge in [-0.1, -0.05) is 56.8 Å². The first-order valence-electron chi connectivity index (χ1n) is 18.4. The zero-order valence-corrected chi connectivity index (χ0v) is 30.3. The van der Waals surface area contributed by atoms with Crippen LogP contribution in [-0.2, 0) is 33.8 Å². The summed E-state index contributed by atoms with van der Waals surface area (Å²) in [6.45, 7) is 4.42. The average Bonchev–Trinajstić information content (AvgIpc) is 3.81. The van der Waals surface area contributed by atoms with Gasteiger partial charge in [-0.05, 0) is 61.8 Å². The van der Waals surface area contributed by atoms with Crippen LogP contribution in [0.4, 0.5) is 4.39 Å². The summed E-state index contributed by atoms with van der Waals surface area (Å²) in [7, 11) is 1.60. The summed E-state index contributed by atoms with van der Waals surface area (Å²) in [5.41, 5.74) is 0.711. The highest BCUT2D eigenvalue weighted by Crippen LogP contribution is 2.26. The van der Waals surface area contributed by atoms with Crippen LogP contribution >= 0.6 is 0 Å². The van der Waals surface area contributed by atoms with Gasteiger partial charge < -0.3 is 29.7 Å². The molecule has 4 heterocycles. The Morgan fingerprint density at radius 2 is 1.77 bits per heavy atom. The molecule has 2 aromatic heterocycles. The predicted octanol–water partition coefficient (Wildman–Crippen LogP) is 4.40. The maximum atomic E-state index is 15.1. The number of hydrogen-bond donors (Lipinski definition) is 2. The SMILES string of the molecule is CC(C)C[C@H]1NC(=O)c2cccc(F)c2OCc2noc(n2)CCCCCCCCNC(=O)[C@H](Cc2cccnc2)N(C)C(=O)[C@H]2CCCN2C1=O. The van der Waals surface area contributed by atoms with Crippen molar-refractivity contribution in [2.45, 2.75) is 109 Å². The van der Waals surface area contributed by atoms with Gasteiger partial charge in [-0.15, -0.1) is 0 Å². The lowest BCUT2D eigenvalue weighted by Crippen LogP contribution is -2.57. The highest BCUT2D eigenvalue weighted by Gasteiger charge is 2.41. The molecule has 4 amide bonds. The zero-order valence-electron chi connectivity index (χ0n) is 30.3. The molecule has 0 radical (unpaired) electrons. The topological polar surface area (TPSA) is 160 Å². The summed E-state index contributed by atoms with van der Waals surface area (Å²) in [6, 6.07) is 5.01. The number of carbonyl (C=O) groups excluding carboxylic acids is 4. The molecule has 0 aliphatic carbocycles. The minimum Gasteiger partial charge on any atom is -0.482 e. The highest BCUT2D eigenvalue weighted by molar-refractivity contribution is 6.00. The number of hydrogen-bond acceptors (Lipinski definition) is 9. The number of aromatic nitrogens is 3. The molecule has 2 aliphatic heterocycles. The molecule has 3 aromatic rings. The Labute approximate surface area is 304 Å². The molecule has 2 bridgehead atoms. The summed E-state index contributed by atoms with van der Waals surface area (Å²) in [6.07, 6.45) is 11.0. The summed E-state index contributed by atoms with van der Waals surface area (Å²) >= 11 is 0. The summed E-state index contributed by atoms with van der Waals surface area (Å²) in [5, 5.41) is 9.80. The predicted molar refractivity (Wildman–Crippen MR) is 189 cm³/mol. The van der Waals surface area contributed by atoms with Crippen LogP contribution in [0.2, 0.25) is 0 Å². The molecule has 2 N–H and O–H groups in total. The zero-order chi connectivity index (χ0) is 37.0. The van der Waals surface area contributed by atoms with Gasteiger partial charge in [0.05, 0.1) is 5.56 Å². The van der Waals surface area contributed by atoms with Crippen molar-refractivity contribution in [3.8, 4) is 5.75 Å². The summed E-state index contributed by atoms with van der Waals surface area (Å²) in [4.78, 5) is 67.3. The van der Waals surface area contributed by atoms with E-state index in [1.165, 1.54) is 28.0 Å². The number of rotatable bonds is 4. The molecular formula is C38H50FN7O6. The van der Waals surface area contributed by atoms with Gasteiger partial charge in [0, 0.05) is 45.4 Å². The Bertz CT molecular complexity index is 1670. The van der Waals surface area contributed by atoms with Gasteiger partial charge in [-0.25, -0.2) is 4.39 Å². The third kappa shape index (κ3) is 10.1. The number of para-hydroxylation sites is 1. The van der Waals surface area contributed by atoms with Crippen molar-refractivity contribution in [3.63, 3.8) is 0 Å². The molecule has 1 saturated heterocycles. The van der Waals surface area contributed by atoms with E-state index in [2.05, 4.69) is 25.8 Å². The normalized spacial score (nSPS) is 22.0. The Hall–Kier alpha value is -4.88. The lowest BCUT2D eigenvalue weighted by Gasteiger charge is -2.34. The molecule has 1 fully saturated rings. The number of pyridine rings is 1. The van der Waals surface area contributed by atoms with Crippen LogP contribution in [0.3, 0.4) is 0 Å². The number of benzene rings is 1. The van der Waals surface area contributed by atoms with Crippen LogP contribution in [0.25, 0.3) is 0 Å². The lowest BCUT2D eigenvalue weighted by molar-refractivity contribution is -0.147. The molecule has 0 saturated carbocycles. The first kappa shape index (κ1) is 38.4. The van der Waals surface area contributed by atoms with Crippen molar-refractivity contribution in [1.82, 2.24) is 35.6 Å². The number of halogens is 1. The van der Waals surface area contributed by atoms with Crippen LogP contribution in [0.15, 0.2) is 47.2 Å². The van der Waals surface area contributed by atoms with Gasteiger partial charge in [0.2, 0.25) is 29.4 Å². The molecule has 13 nitrogen and oxygen atoms in total. The minimum absolute atomic E-state index is 0.00256. The van der Waals surface area contributed by atoms with Gasteiger partial charge in [-0.2, -0.15) is 4.98 Å². The fourth-order valence-electron chi connectivity index (χ4n) is 6.81. The third-order valence-electron chi connectivity index (χ3n) is 9.59. The molecule has 0 spiro atoms. The molecule has 52 heavy (non-hydrogen) atoms. The number of nitrogens with one attached hydrogen (secondary N) is 2. The molecule has 5 rings (SSSR count). The monoisotopic (exact) mass is 719 g/mol. The van der Waals surface area contributed by atoms with E-state index in [4.69, 9.17) is 9.26 Å². The number of amides is 4. The van der Waals surface area contributed by atoms with Gasteiger partial charge in [-0.3, -0.25) is 24.2 Å². The molecule has 0 unspecified atom stereocenters. The van der Waals surface area contributed by atoms with E-state index in [1.807, 2.05) is 19.9 Å². The van der Waals surface area contributed by atoms with E-state index >= 15 is 4.39 Å². The fraction of sp³-hybridized carbons (Fsp3) is 0.553. The number of carbonyl (C=O) groups is 4. The number of ether oxygens (including phenoxy) is 1. The van der Waals surface area contributed by atoms with Crippen LogP contribution in [0.1, 0.15) is 99.3 Å². The Morgan fingerprint density at radius 1 is 0.981 bits per heavy atom. The van der Waals surface area contributed by atoms with Gasteiger partial charge in [0.1, 0.15) is 18.1 Å². The highest BCUT2D eigenvalue weighted by atomic mass is 19.1. The first-order valence-corrected chi connectivity index (χ1v) is 18.4. The molecule has 1 aromatic carbocycles. The molecule has 14 heteroatoms. The Balaban J connectivity index is 1.41. The maximum absolute atomic E-state index is 15.1. The molecule has 2 aliphatic rings. The second-order valence-electron chi connectivity index (χ2n) is 14.0. The van der Waals surface area contributed by atoms with Crippen LogP contribution in [0, 0.1) is 11.7 Å². The van der Waals surface area contributed by atoms with Crippen LogP contribution < -0.4 is 15.4 Å². The summed E-state index contributed by atoms with van der Waals surface area (Å²) in [5.74, 6) is -2.11. The fourth-order valence-corrected chi connectivity index (χ4v) is 6.81. The van der Waals surface area contributed by atoms with Gasteiger partial charge in [0.15, 0.2) is 18.2 Å². The smallest absolute Gasteiger partial charge is 0.255 e. The van der Waals surface area contributed by atoms with E-state index in [-0.39, 0.29) is 54.3 Å². The Morgan fingerprint density at radius 3 is 2.54 bits per heavy atom. The third-order valence-corrected chi connectivity index (χ3v) is 9.59. The number of nitrogens with zero attached hydrogens (tertiary/aromatic N) is 5. The quantitative estimate of drug-likeness (QED) is 0.399. The average molecular weight is 720 g/mol. The number of aryl methyl sites for hydroxylation is 1. The Kier molecular flexibility index (Phi) is 13.7. The van der Waals surface area contributed by atoms with Crippen molar-refractivity contribution in [2.75, 3.05) is 20.1 Å². The van der Waals surface area contributed by atoms with E-state index in [0.717, 1.165) is 44.1 Å². The number of likely N-dealkylation sites (N-methyl/N-ethyl adjacent to an activating group) is 1. The van der Waals surface area contributed by atoms with Crippen molar-refractivity contribution in [2.24, 2.45) is 5.92 Å². The molecule has 280 valence electrons. The second kappa shape index (κ2) is 18.6.